The van der Waals surface area contributed by atoms with Gasteiger partial charge in [0.2, 0.25) is 0 Å². The molecule has 134 valence electrons. The van der Waals surface area contributed by atoms with Crippen molar-refractivity contribution in [2.24, 2.45) is 0 Å². The maximum atomic E-state index is 14.0. The molecule has 0 spiro atoms. The summed E-state index contributed by atoms with van der Waals surface area (Å²) >= 11 is 0. The van der Waals surface area contributed by atoms with Crippen LogP contribution < -0.4 is 9.47 Å². The van der Waals surface area contributed by atoms with Crippen molar-refractivity contribution >= 4 is 11.6 Å². The molecule has 1 saturated carbocycles. The Bertz CT molecular complexity index is 845. The van der Waals surface area contributed by atoms with Gasteiger partial charge in [-0.15, -0.1) is 0 Å². The normalized spacial score (nSPS) is 14.9. The zero-order valence-electron chi connectivity index (χ0n) is 14.5. The number of allylic oxidation sites excluding steroid dienone is 1. The average molecular weight is 355 g/mol. The highest BCUT2D eigenvalue weighted by atomic mass is 19.1. The molecule has 0 atom stereocenters. The number of nitrogens with zero attached hydrogens (tertiary/aromatic N) is 1. The SMILES string of the molecule is COc1ccc(/C=C(/C#N)c2c(F)cccc2F)cc1OC1CCCC1. The number of hydrogen-bond acceptors (Lipinski definition) is 3. The van der Waals surface area contributed by atoms with E-state index in [0.29, 0.717) is 17.1 Å². The Hall–Kier alpha value is -2.87. The summed E-state index contributed by atoms with van der Waals surface area (Å²) in [5, 5.41) is 9.38. The number of nitriles is 1. The van der Waals surface area contributed by atoms with Gasteiger partial charge in [0.25, 0.3) is 0 Å². The van der Waals surface area contributed by atoms with Gasteiger partial charge in [-0.25, -0.2) is 8.78 Å². The predicted octanol–water partition coefficient (Wildman–Crippen LogP) is 5.36. The average Bonchev–Trinajstić information content (AvgIpc) is 3.14. The lowest BCUT2D eigenvalue weighted by Crippen LogP contribution is -2.11. The topological polar surface area (TPSA) is 42.2 Å². The summed E-state index contributed by atoms with van der Waals surface area (Å²) < 4.78 is 39.3. The maximum absolute atomic E-state index is 14.0. The number of benzene rings is 2. The molecule has 0 amide bonds. The minimum Gasteiger partial charge on any atom is -0.493 e. The summed E-state index contributed by atoms with van der Waals surface area (Å²) in [7, 11) is 1.56. The number of methoxy groups -OCH3 is 1. The van der Waals surface area contributed by atoms with Crippen molar-refractivity contribution in [3.8, 4) is 17.6 Å². The van der Waals surface area contributed by atoms with Crippen molar-refractivity contribution in [1.82, 2.24) is 0 Å². The molecule has 0 unspecified atom stereocenters. The lowest BCUT2D eigenvalue weighted by Gasteiger charge is -2.16. The van der Waals surface area contributed by atoms with Gasteiger partial charge in [0.1, 0.15) is 11.6 Å². The van der Waals surface area contributed by atoms with Crippen LogP contribution in [0, 0.1) is 23.0 Å². The van der Waals surface area contributed by atoms with Gasteiger partial charge >= 0.3 is 0 Å². The minimum absolute atomic E-state index is 0.0856. The van der Waals surface area contributed by atoms with Gasteiger partial charge in [-0.3, -0.25) is 0 Å². The predicted molar refractivity (Wildman–Crippen MR) is 95.7 cm³/mol. The molecule has 1 aliphatic carbocycles. The third-order valence-corrected chi connectivity index (χ3v) is 4.45. The van der Waals surface area contributed by atoms with E-state index in [0.717, 1.165) is 37.8 Å². The zero-order valence-corrected chi connectivity index (χ0v) is 14.5. The molecule has 0 aromatic heterocycles. The highest BCUT2D eigenvalue weighted by Crippen LogP contribution is 2.33. The molecule has 1 fully saturated rings. The summed E-state index contributed by atoms with van der Waals surface area (Å²) in [6, 6.07) is 10.6. The van der Waals surface area contributed by atoms with Crippen LogP contribution in [0.25, 0.3) is 11.6 Å². The van der Waals surface area contributed by atoms with Crippen LogP contribution in [-0.2, 0) is 0 Å². The number of hydrogen-bond donors (Lipinski definition) is 0. The molecule has 0 N–H and O–H groups in total. The molecule has 5 heteroatoms. The van der Waals surface area contributed by atoms with Crippen molar-refractivity contribution in [2.75, 3.05) is 7.11 Å². The van der Waals surface area contributed by atoms with Gasteiger partial charge in [0.05, 0.1) is 30.4 Å². The lowest BCUT2D eigenvalue weighted by atomic mass is 10.0. The smallest absolute Gasteiger partial charge is 0.162 e. The summed E-state index contributed by atoms with van der Waals surface area (Å²) in [6.45, 7) is 0. The van der Waals surface area contributed by atoms with Crippen LogP contribution in [0.3, 0.4) is 0 Å². The summed E-state index contributed by atoms with van der Waals surface area (Å²) in [4.78, 5) is 0. The van der Waals surface area contributed by atoms with E-state index in [1.165, 1.54) is 12.1 Å². The molecular formula is C21H19F2NO2. The molecule has 26 heavy (non-hydrogen) atoms. The fourth-order valence-corrected chi connectivity index (χ4v) is 3.14. The Balaban J connectivity index is 1.97. The van der Waals surface area contributed by atoms with Crippen LogP contribution in [0.2, 0.25) is 0 Å². The number of halogens is 2. The second kappa shape index (κ2) is 8.01. The molecule has 0 bridgehead atoms. The van der Waals surface area contributed by atoms with Crippen LogP contribution in [0.5, 0.6) is 11.5 Å². The van der Waals surface area contributed by atoms with Crippen molar-refractivity contribution in [3.05, 3.63) is 59.2 Å². The lowest BCUT2D eigenvalue weighted by molar-refractivity contribution is 0.201. The maximum Gasteiger partial charge on any atom is 0.162 e. The van der Waals surface area contributed by atoms with E-state index in [-0.39, 0.29) is 17.2 Å². The van der Waals surface area contributed by atoms with Gasteiger partial charge in [-0.2, -0.15) is 5.26 Å². The van der Waals surface area contributed by atoms with Gasteiger partial charge in [0.15, 0.2) is 11.5 Å². The van der Waals surface area contributed by atoms with E-state index in [1.54, 1.807) is 25.3 Å². The first kappa shape index (κ1) is 17.9. The van der Waals surface area contributed by atoms with Gasteiger partial charge in [0, 0.05) is 0 Å². The van der Waals surface area contributed by atoms with E-state index in [1.807, 2.05) is 6.07 Å². The Morgan fingerprint density at radius 1 is 1.12 bits per heavy atom. The zero-order chi connectivity index (χ0) is 18.5. The van der Waals surface area contributed by atoms with Gasteiger partial charge in [-0.1, -0.05) is 12.1 Å². The van der Waals surface area contributed by atoms with E-state index >= 15 is 0 Å². The molecule has 2 aromatic carbocycles. The van der Waals surface area contributed by atoms with E-state index in [4.69, 9.17) is 9.47 Å². The quantitative estimate of drug-likeness (QED) is 0.536. The van der Waals surface area contributed by atoms with E-state index in [9.17, 15) is 14.0 Å². The summed E-state index contributed by atoms with van der Waals surface area (Å²) in [6.07, 6.45) is 5.85. The molecule has 0 aliphatic heterocycles. The second-order valence-electron chi connectivity index (χ2n) is 6.20. The van der Waals surface area contributed by atoms with Crippen molar-refractivity contribution in [1.29, 1.82) is 5.26 Å². The Labute approximate surface area is 151 Å². The van der Waals surface area contributed by atoms with Gasteiger partial charge in [-0.05, 0) is 61.6 Å². The van der Waals surface area contributed by atoms with Crippen molar-refractivity contribution in [2.45, 2.75) is 31.8 Å². The van der Waals surface area contributed by atoms with Crippen molar-refractivity contribution < 1.29 is 18.3 Å². The molecule has 0 heterocycles. The monoisotopic (exact) mass is 355 g/mol. The Morgan fingerprint density at radius 3 is 2.42 bits per heavy atom. The standard InChI is InChI=1S/C21H19F2NO2/c1-25-19-10-9-14(12-20(19)26-16-5-2-3-6-16)11-15(13-24)21-17(22)7-4-8-18(21)23/h4,7-12,16H,2-3,5-6H2,1H3/b15-11-. The first-order valence-corrected chi connectivity index (χ1v) is 8.53. The Morgan fingerprint density at radius 2 is 1.81 bits per heavy atom. The highest BCUT2D eigenvalue weighted by Gasteiger charge is 2.19. The Kier molecular flexibility index (Phi) is 5.52. The third-order valence-electron chi connectivity index (χ3n) is 4.45. The summed E-state index contributed by atoms with van der Waals surface area (Å²) in [5.41, 5.74) is 0.194. The molecule has 1 aliphatic rings. The molecule has 0 saturated heterocycles. The third kappa shape index (κ3) is 3.85. The molecule has 3 rings (SSSR count). The molecule has 0 radical (unpaired) electrons. The molecular weight excluding hydrogens is 336 g/mol. The first-order valence-electron chi connectivity index (χ1n) is 8.53. The van der Waals surface area contributed by atoms with Crippen LogP contribution in [0.4, 0.5) is 8.78 Å². The highest BCUT2D eigenvalue weighted by molar-refractivity contribution is 5.90. The van der Waals surface area contributed by atoms with Crippen LogP contribution in [-0.4, -0.2) is 13.2 Å². The van der Waals surface area contributed by atoms with Crippen molar-refractivity contribution in [3.63, 3.8) is 0 Å². The fraction of sp³-hybridized carbons (Fsp3) is 0.286. The second-order valence-corrected chi connectivity index (χ2v) is 6.20. The minimum atomic E-state index is -0.770. The van der Waals surface area contributed by atoms with E-state index < -0.39 is 11.6 Å². The first-order chi connectivity index (χ1) is 12.6. The van der Waals surface area contributed by atoms with Crippen LogP contribution in [0.1, 0.15) is 36.8 Å². The van der Waals surface area contributed by atoms with E-state index in [2.05, 4.69) is 0 Å². The van der Waals surface area contributed by atoms with Crippen LogP contribution >= 0.6 is 0 Å². The number of ether oxygens (including phenoxy) is 2. The number of rotatable bonds is 5. The fourth-order valence-electron chi connectivity index (χ4n) is 3.14. The van der Waals surface area contributed by atoms with Gasteiger partial charge < -0.3 is 9.47 Å². The van der Waals surface area contributed by atoms with Crippen LogP contribution in [0.15, 0.2) is 36.4 Å². The molecule has 3 nitrogen and oxygen atoms in total. The largest absolute Gasteiger partial charge is 0.493 e. The molecule has 2 aromatic rings. The summed E-state index contributed by atoms with van der Waals surface area (Å²) in [5.74, 6) is -0.383.